The van der Waals surface area contributed by atoms with E-state index in [9.17, 15) is 5.11 Å². The molecule has 2 aliphatic rings. The zero-order valence-corrected chi connectivity index (χ0v) is 14.5. The van der Waals surface area contributed by atoms with Gasteiger partial charge in [0.1, 0.15) is 0 Å². The molecule has 24 heavy (non-hydrogen) atoms. The van der Waals surface area contributed by atoms with Crippen molar-refractivity contribution in [2.24, 2.45) is 13.0 Å². The summed E-state index contributed by atoms with van der Waals surface area (Å²) < 4.78 is 1.89. The van der Waals surface area contributed by atoms with Gasteiger partial charge in [-0.1, -0.05) is 0 Å². The third-order valence-corrected chi connectivity index (χ3v) is 4.66. The summed E-state index contributed by atoms with van der Waals surface area (Å²) in [5.41, 5.74) is 1.58. The van der Waals surface area contributed by atoms with E-state index in [1.807, 2.05) is 11.6 Å². The van der Waals surface area contributed by atoms with Gasteiger partial charge in [0.25, 0.3) is 0 Å². The number of hydrogen-bond acceptors (Lipinski definition) is 7. The molecule has 9 heteroatoms. The van der Waals surface area contributed by atoms with E-state index < -0.39 is 0 Å². The lowest BCUT2D eigenvalue weighted by atomic mass is 10.2. The van der Waals surface area contributed by atoms with Crippen LogP contribution in [0.15, 0.2) is 6.33 Å². The molecule has 1 saturated heterocycles. The van der Waals surface area contributed by atoms with Gasteiger partial charge in [-0.05, 0) is 31.7 Å². The van der Waals surface area contributed by atoms with Crippen LogP contribution in [-0.2, 0) is 7.05 Å². The smallest absolute Gasteiger partial charge is 0.227 e. The Morgan fingerprint density at radius 1 is 1.38 bits per heavy atom. The van der Waals surface area contributed by atoms with Crippen molar-refractivity contribution in [2.45, 2.75) is 31.3 Å². The standard InChI is InChI=1S/C15H23N7O.ClH/c1-22-8-17-12-13(18-10-4-5-16-6-10)20-15(21-14(12)22)19-11(7-23)9-2-3-9;/h8-11,16,23H,2-7H2,1H3,(H2,18,19,20,21);1H/t10-,11-;/m0./s1. The molecule has 0 amide bonds. The number of aliphatic hydroxyl groups is 1. The van der Waals surface area contributed by atoms with Gasteiger partial charge in [0.05, 0.1) is 19.0 Å². The molecule has 0 aromatic carbocycles. The Labute approximate surface area is 146 Å². The summed E-state index contributed by atoms with van der Waals surface area (Å²) in [6.45, 7) is 2.06. The average Bonchev–Trinajstić information content (AvgIpc) is 3.15. The lowest BCUT2D eigenvalue weighted by Crippen LogP contribution is -2.28. The van der Waals surface area contributed by atoms with E-state index in [0.717, 1.165) is 49.3 Å². The lowest BCUT2D eigenvalue weighted by Gasteiger charge is -2.17. The molecule has 2 aromatic rings. The van der Waals surface area contributed by atoms with Gasteiger partial charge < -0.3 is 25.6 Å². The normalized spacial score (nSPS) is 21.5. The zero-order chi connectivity index (χ0) is 15.8. The molecule has 1 saturated carbocycles. The lowest BCUT2D eigenvalue weighted by molar-refractivity contribution is 0.263. The fourth-order valence-electron chi connectivity index (χ4n) is 3.12. The van der Waals surface area contributed by atoms with Crippen LogP contribution < -0.4 is 16.0 Å². The van der Waals surface area contributed by atoms with Gasteiger partial charge >= 0.3 is 0 Å². The SMILES string of the molecule is Cl.Cn1cnc2c(N[C@H]3CCNC3)nc(N[C@@H](CO)C3CC3)nc21. The molecular weight excluding hydrogens is 330 g/mol. The minimum Gasteiger partial charge on any atom is -0.394 e. The summed E-state index contributed by atoms with van der Waals surface area (Å²) in [6.07, 6.45) is 5.14. The monoisotopic (exact) mass is 353 g/mol. The van der Waals surface area contributed by atoms with Gasteiger partial charge in [-0.2, -0.15) is 9.97 Å². The Morgan fingerprint density at radius 3 is 2.88 bits per heavy atom. The molecule has 2 fully saturated rings. The van der Waals surface area contributed by atoms with Crippen molar-refractivity contribution in [2.75, 3.05) is 30.3 Å². The van der Waals surface area contributed by atoms with E-state index in [1.165, 1.54) is 0 Å². The fourth-order valence-corrected chi connectivity index (χ4v) is 3.12. The third-order valence-electron chi connectivity index (χ3n) is 4.66. The van der Waals surface area contributed by atoms with Crippen molar-refractivity contribution in [3.63, 3.8) is 0 Å². The number of aliphatic hydroxyl groups excluding tert-OH is 1. The zero-order valence-electron chi connectivity index (χ0n) is 13.7. The predicted octanol–water partition coefficient (Wildman–Crippen LogP) is 0.742. The number of nitrogens with one attached hydrogen (secondary N) is 3. The second-order valence-corrected chi connectivity index (χ2v) is 6.53. The van der Waals surface area contributed by atoms with Crippen LogP contribution in [0.5, 0.6) is 0 Å². The van der Waals surface area contributed by atoms with Crippen molar-refractivity contribution in [1.29, 1.82) is 0 Å². The molecule has 2 aromatic heterocycles. The van der Waals surface area contributed by atoms with Crippen LogP contribution in [0, 0.1) is 5.92 Å². The molecule has 0 unspecified atom stereocenters. The van der Waals surface area contributed by atoms with Crippen molar-refractivity contribution in [3.05, 3.63) is 6.33 Å². The number of anilines is 2. The maximum atomic E-state index is 9.57. The first-order valence-corrected chi connectivity index (χ1v) is 8.28. The number of aromatic nitrogens is 4. The maximum absolute atomic E-state index is 9.57. The van der Waals surface area contributed by atoms with Crippen molar-refractivity contribution >= 4 is 35.3 Å². The van der Waals surface area contributed by atoms with Crippen LogP contribution in [0.1, 0.15) is 19.3 Å². The van der Waals surface area contributed by atoms with E-state index in [-0.39, 0.29) is 25.1 Å². The van der Waals surface area contributed by atoms with Gasteiger partial charge in [0.15, 0.2) is 17.0 Å². The second kappa shape index (κ2) is 7.08. The minimum atomic E-state index is 0. The number of rotatable bonds is 6. The molecule has 132 valence electrons. The summed E-state index contributed by atoms with van der Waals surface area (Å²) in [6, 6.07) is 0.390. The number of fused-ring (bicyclic) bond motifs is 1. The summed E-state index contributed by atoms with van der Waals surface area (Å²) in [5, 5.41) is 19.7. The second-order valence-electron chi connectivity index (χ2n) is 6.53. The predicted molar refractivity (Wildman–Crippen MR) is 95.7 cm³/mol. The quantitative estimate of drug-likeness (QED) is 0.607. The van der Waals surface area contributed by atoms with Crippen molar-refractivity contribution in [1.82, 2.24) is 24.8 Å². The van der Waals surface area contributed by atoms with Gasteiger partial charge in [-0.3, -0.25) is 0 Å². The van der Waals surface area contributed by atoms with Gasteiger partial charge in [-0.25, -0.2) is 4.98 Å². The van der Waals surface area contributed by atoms with Crippen molar-refractivity contribution < 1.29 is 5.11 Å². The number of imidazole rings is 1. The van der Waals surface area contributed by atoms with E-state index in [0.29, 0.717) is 17.9 Å². The summed E-state index contributed by atoms with van der Waals surface area (Å²) in [5.74, 6) is 1.85. The molecule has 1 aliphatic carbocycles. The Hall–Kier alpha value is -1.64. The van der Waals surface area contributed by atoms with E-state index in [4.69, 9.17) is 0 Å². The molecule has 4 N–H and O–H groups in total. The summed E-state index contributed by atoms with van der Waals surface area (Å²) >= 11 is 0. The highest BCUT2D eigenvalue weighted by molar-refractivity contribution is 5.85. The van der Waals surface area contributed by atoms with Crippen LogP contribution in [-0.4, -0.2) is 56.4 Å². The molecule has 0 bridgehead atoms. The Balaban J connectivity index is 0.00000169. The highest BCUT2D eigenvalue weighted by atomic mass is 35.5. The van der Waals surface area contributed by atoms with Gasteiger partial charge in [-0.15, -0.1) is 12.4 Å². The van der Waals surface area contributed by atoms with E-state index in [2.05, 4.69) is 30.9 Å². The molecule has 8 nitrogen and oxygen atoms in total. The van der Waals surface area contributed by atoms with Crippen molar-refractivity contribution in [3.8, 4) is 0 Å². The van der Waals surface area contributed by atoms with E-state index in [1.54, 1.807) is 6.33 Å². The summed E-state index contributed by atoms with van der Waals surface area (Å²) in [4.78, 5) is 13.6. The molecule has 3 heterocycles. The number of hydrogen-bond donors (Lipinski definition) is 4. The topological polar surface area (TPSA) is 99.9 Å². The van der Waals surface area contributed by atoms with Crippen LogP contribution >= 0.6 is 12.4 Å². The maximum Gasteiger partial charge on any atom is 0.227 e. The first kappa shape index (κ1) is 17.2. The molecule has 2 atom stereocenters. The number of nitrogens with zero attached hydrogens (tertiary/aromatic N) is 4. The van der Waals surface area contributed by atoms with Gasteiger partial charge in [0, 0.05) is 19.6 Å². The Morgan fingerprint density at radius 2 is 2.21 bits per heavy atom. The number of halogens is 1. The first-order chi connectivity index (χ1) is 11.2. The molecule has 0 radical (unpaired) electrons. The average molecular weight is 354 g/mol. The first-order valence-electron chi connectivity index (χ1n) is 8.28. The molecular formula is C15H24ClN7O. The molecule has 1 aliphatic heterocycles. The third kappa shape index (κ3) is 3.40. The summed E-state index contributed by atoms with van der Waals surface area (Å²) in [7, 11) is 1.93. The largest absolute Gasteiger partial charge is 0.394 e. The molecule has 4 rings (SSSR count). The minimum absolute atomic E-state index is 0. The highest BCUT2D eigenvalue weighted by Crippen LogP contribution is 2.34. The van der Waals surface area contributed by atoms with Crippen LogP contribution in [0.25, 0.3) is 11.2 Å². The van der Waals surface area contributed by atoms with Gasteiger partial charge in [0.2, 0.25) is 5.95 Å². The fraction of sp³-hybridized carbons (Fsp3) is 0.667. The highest BCUT2D eigenvalue weighted by Gasteiger charge is 2.31. The van der Waals surface area contributed by atoms with Crippen LogP contribution in [0.4, 0.5) is 11.8 Å². The Bertz CT molecular complexity index is 696. The van der Waals surface area contributed by atoms with Crippen LogP contribution in [0.2, 0.25) is 0 Å². The van der Waals surface area contributed by atoms with Crippen LogP contribution in [0.3, 0.4) is 0 Å². The number of aryl methyl sites for hydroxylation is 1. The molecule has 0 spiro atoms. The van der Waals surface area contributed by atoms with E-state index >= 15 is 0 Å². The Kier molecular flexibility index (Phi) is 5.07.